The van der Waals surface area contributed by atoms with Gasteiger partial charge in [-0.1, -0.05) is 48.2 Å². The molecule has 2 aromatic heterocycles. The highest BCUT2D eigenvalue weighted by Crippen LogP contribution is 2.37. The zero-order valence-corrected chi connectivity index (χ0v) is 17.8. The molecule has 1 N–H and O–H groups in total. The minimum atomic E-state index is -0.540. The Morgan fingerprint density at radius 3 is 2.53 bits per heavy atom. The van der Waals surface area contributed by atoms with Crippen molar-refractivity contribution in [1.29, 1.82) is 0 Å². The second kappa shape index (κ2) is 9.23. The van der Waals surface area contributed by atoms with Crippen LogP contribution in [0.4, 0.5) is 10.1 Å². The number of carbonyl (C=O) groups excluding carboxylic acids is 1. The first-order valence-electron chi connectivity index (χ1n) is 9.41. The Balaban J connectivity index is 1.64. The molecule has 0 aliphatic carbocycles. The van der Waals surface area contributed by atoms with Crippen molar-refractivity contribution in [3.8, 4) is 10.7 Å². The molecule has 0 unspecified atom stereocenters. The summed E-state index contributed by atoms with van der Waals surface area (Å²) < 4.78 is 15.2. The molecule has 2 aromatic carbocycles. The van der Waals surface area contributed by atoms with Crippen LogP contribution in [-0.2, 0) is 11.3 Å². The van der Waals surface area contributed by atoms with Crippen LogP contribution in [0.15, 0.2) is 77.3 Å². The molecule has 0 spiro atoms. The normalized spacial score (nSPS) is 11.9. The topological polar surface area (TPSA) is 59.8 Å². The fourth-order valence-corrected chi connectivity index (χ4v) is 4.81. The van der Waals surface area contributed by atoms with Gasteiger partial charge in [0.1, 0.15) is 11.1 Å². The maximum absolute atomic E-state index is 13.2. The average molecular weight is 439 g/mol. The van der Waals surface area contributed by atoms with Crippen LogP contribution in [0.2, 0.25) is 0 Å². The molecule has 0 aliphatic heterocycles. The van der Waals surface area contributed by atoms with E-state index >= 15 is 0 Å². The SMILES string of the molecule is CCn1c(S[C@@H](C(=O)Nc2ccc(F)cc2)c2ccccc2)nnc1-c1cccs1. The first-order chi connectivity index (χ1) is 14.7. The van der Waals surface area contributed by atoms with Gasteiger partial charge in [0.05, 0.1) is 4.88 Å². The molecule has 2 heterocycles. The first-order valence-corrected chi connectivity index (χ1v) is 11.2. The lowest BCUT2D eigenvalue weighted by atomic mass is 10.1. The lowest BCUT2D eigenvalue weighted by molar-refractivity contribution is -0.115. The molecule has 30 heavy (non-hydrogen) atoms. The number of hydrogen-bond acceptors (Lipinski definition) is 5. The van der Waals surface area contributed by atoms with Crippen molar-refractivity contribution >= 4 is 34.7 Å². The molecule has 0 fully saturated rings. The van der Waals surface area contributed by atoms with E-state index in [0.29, 0.717) is 17.4 Å². The predicted molar refractivity (Wildman–Crippen MR) is 119 cm³/mol. The van der Waals surface area contributed by atoms with Crippen molar-refractivity contribution in [3.63, 3.8) is 0 Å². The van der Waals surface area contributed by atoms with Crippen molar-refractivity contribution in [2.24, 2.45) is 0 Å². The van der Waals surface area contributed by atoms with Crippen molar-refractivity contribution < 1.29 is 9.18 Å². The van der Waals surface area contributed by atoms with E-state index < -0.39 is 5.25 Å². The molecule has 1 amide bonds. The average Bonchev–Trinajstić information content (AvgIpc) is 3.43. The van der Waals surface area contributed by atoms with Crippen LogP contribution >= 0.6 is 23.1 Å². The van der Waals surface area contributed by atoms with Crippen LogP contribution in [0.25, 0.3) is 10.7 Å². The number of thioether (sulfide) groups is 1. The molecular weight excluding hydrogens is 419 g/mol. The summed E-state index contributed by atoms with van der Waals surface area (Å²) in [5, 5.41) is 13.7. The van der Waals surface area contributed by atoms with E-state index in [1.807, 2.05) is 59.3 Å². The van der Waals surface area contributed by atoms with E-state index in [-0.39, 0.29) is 11.7 Å². The quantitative estimate of drug-likeness (QED) is 0.380. The number of carbonyl (C=O) groups is 1. The number of nitrogens with one attached hydrogen (secondary N) is 1. The van der Waals surface area contributed by atoms with Crippen LogP contribution in [0.3, 0.4) is 0 Å². The fraction of sp³-hybridized carbons (Fsp3) is 0.136. The summed E-state index contributed by atoms with van der Waals surface area (Å²) in [7, 11) is 0. The maximum Gasteiger partial charge on any atom is 0.242 e. The molecule has 0 radical (unpaired) electrons. The third-order valence-electron chi connectivity index (χ3n) is 4.45. The van der Waals surface area contributed by atoms with E-state index in [1.165, 1.54) is 23.9 Å². The number of nitrogens with zero attached hydrogens (tertiary/aromatic N) is 3. The maximum atomic E-state index is 13.2. The molecular formula is C22H19FN4OS2. The van der Waals surface area contributed by atoms with Crippen LogP contribution in [0, 0.1) is 5.82 Å². The number of benzene rings is 2. The highest BCUT2D eigenvalue weighted by Gasteiger charge is 2.26. The third-order valence-corrected chi connectivity index (χ3v) is 6.55. The number of rotatable bonds is 7. The van der Waals surface area contributed by atoms with E-state index in [0.717, 1.165) is 16.3 Å². The highest BCUT2D eigenvalue weighted by molar-refractivity contribution is 8.00. The molecule has 5 nitrogen and oxygen atoms in total. The van der Waals surface area contributed by atoms with Crippen LogP contribution in [0.5, 0.6) is 0 Å². The van der Waals surface area contributed by atoms with Crippen molar-refractivity contribution in [2.45, 2.75) is 23.9 Å². The van der Waals surface area contributed by atoms with E-state index in [4.69, 9.17) is 0 Å². The monoisotopic (exact) mass is 438 g/mol. The predicted octanol–water partition coefficient (Wildman–Crippen LogP) is 5.64. The number of aromatic nitrogens is 3. The van der Waals surface area contributed by atoms with Crippen molar-refractivity contribution in [3.05, 3.63) is 83.5 Å². The van der Waals surface area contributed by atoms with Gasteiger partial charge in [-0.25, -0.2) is 4.39 Å². The summed E-state index contributed by atoms with van der Waals surface area (Å²) >= 11 is 2.95. The van der Waals surface area contributed by atoms with Gasteiger partial charge in [0.2, 0.25) is 5.91 Å². The van der Waals surface area contributed by atoms with Gasteiger partial charge in [0.25, 0.3) is 0 Å². The summed E-state index contributed by atoms with van der Waals surface area (Å²) in [6.07, 6.45) is 0. The standard InChI is InChI=1S/C22H19FN4OS2/c1-2-27-20(18-9-6-14-29-18)25-26-22(27)30-19(15-7-4-3-5-8-15)21(28)24-17-12-10-16(23)11-13-17/h3-14,19H,2H2,1H3,(H,24,28)/t19-/m1/s1. The lowest BCUT2D eigenvalue weighted by Crippen LogP contribution is -2.19. The Labute approximate surface area is 182 Å². The Bertz CT molecular complexity index is 1110. The smallest absolute Gasteiger partial charge is 0.242 e. The Morgan fingerprint density at radius 2 is 1.87 bits per heavy atom. The van der Waals surface area contributed by atoms with Gasteiger partial charge in [-0.15, -0.1) is 21.5 Å². The zero-order valence-electron chi connectivity index (χ0n) is 16.2. The molecule has 0 bridgehead atoms. The molecule has 8 heteroatoms. The molecule has 0 aliphatic rings. The van der Waals surface area contributed by atoms with Gasteiger partial charge >= 0.3 is 0 Å². The Kier molecular flexibility index (Phi) is 6.25. The highest BCUT2D eigenvalue weighted by atomic mass is 32.2. The molecule has 4 rings (SSSR count). The molecule has 0 saturated heterocycles. The molecule has 0 saturated carbocycles. The Hall–Kier alpha value is -2.97. The number of thiophene rings is 1. The summed E-state index contributed by atoms with van der Waals surface area (Å²) in [5.74, 6) is 0.237. The second-order valence-corrected chi connectivity index (χ2v) is 8.45. The molecule has 4 aromatic rings. The van der Waals surface area contributed by atoms with E-state index in [1.54, 1.807) is 23.5 Å². The summed E-state index contributed by atoms with van der Waals surface area (Å²) in [6, 6.07) is 19.2. The number of halogens is 1. The van der Waals surface area contributed by atoms with Crippen LogP contribution < -0.4 is 5.32 Å². The van der Waals surface area contributed by atoms with E-state index in [2.05, 4.69) is 15.5 Å². The molecule has 1 atom stereocenters. The van der Waals surface area contributed by atoms with E-state index in [9.17, 15) is 9.18 Å². The third kappa shape index (κ3) is 4.44. The van der Waals surface area contributed by atoms with Gasteiger partial charge in [-0.05, 0) is 48.2 Å². The number of anilines is 1. The second-order valence-electron chi connectivity index (χ2n) is 6.43. The number of amides is 1. The van der Waals surface area contributed by atoms with Crippen LogP contribution in [-0.4, -0.2) is 20.7 Å². The first kappa shape index (κ1) is 20.3. The van der Waals surface area contributed by atoms with Gasteiger partial charge < -0.3 is 9.88 Å². The zero-order chi connectivity index (χ0) is 20.9. The summed E-state index contributed by atoms with van der Waals surface area (Å²) in [5.41, 5.74) is 1.39. The van der Waals surface area contributed by atoms with Gasteiger partial charge in [-0.3, -0.25) is 4.79 Å². The minimum Gasteiger partial charge on any atom is -0.325 e. The number of hydrogen-bond donors (Lipinski definition) is 1. The minimum absolute atomic E-state index is 0.207. The Morgan fingerprint density at radius 1 is 1.10 bits per heavy atom. The van der Waals surface area contributed by atoms with Gasteiger partial charge in [-0.2, -0.15) is 0 Å². The largest absolute Gasteiger partial charge is 0.325 e. The fourth-order valence-electron chi connectivity index (χ4n) is 3.00. The van der Waals surface area contributed by atoms with Gasteiger partial charge in [0, 0.05) is 12.2 Å². The van der Waals surface area contributed by atoms with Gasteiger partial charge in [0.15, 0.2) is 11.0 Å². The van der Waals surface area contributed by atoms with Crippen molar-refractivity contribution in [2.75, 3.05) is 5.32 Å². The lowest BCUT2D eigenvalue weighted by Gasteiger charge is -2.17. The van der Waals surface area contributed by atoms with Crippen molar-refractivity contribution in [1.82, 2.24) is 14.8 Å². The van der Waals surface area contributed by atoms with Crippen LogP contribution in [0.1, 0.15) is 17.7 Å². The molecule has 152 valence electrons. The summed E-state index contributed by atoms with van der Waals surface area (Å²) in [4.78, 5) is 14.2. The summed E-state index contributed by atoms with van der Waals surface area (Å²) in [6.45, 7) is 2.71.